The van der Waals surface area contributed by atoms with E-state index in [-0.39, 0.29) is 31.1 Å². The lowest BCUT2D eigenvalue weighted by molar-refractivity contribution is 0.0417. The highest BCUT2D eigenvalue weighted by Gasteiger charge is 2.25. The highest BCUT2D eigenvalue weighted by Crippen LogP contribution is 2.33. The summed E-state index contributed by atoms with van der Waals surface area (Å²) in [6.07, 6.45) is 4.04. The summed E-state index contributed by atoms with van der Waals surface area (Å²) in [5.41, 5.74) is 7.00. The fourth-order valence-electron chi connectivity index (χ4n) is 3.16. The third-order valence-electron chi connectivity index (χ3n) is 4.90. The molecule has 6 nitrogen and oxygen atoms in total. The lowest BCUT2D eigenvalue weighted by Gasteiger charge is -2.30. The molecule has 1 unspecified atom stereocenters. The van der Waals surface area contributed by atoms with Gasteiger partial charge in [0, 0.05) is 19.1 Å². The van der Waals surface area contributed by atoms with Crippen molar-refractivity contribution in [3.05, 3.63) is 23.8 Å². The predicted octanol–water partition coefficient (Wildman–Crippen LogP) is 2.68. The Kier molecular flexibility index (Phi) is 5.14. The molecule has 1 aromatic carbocycles. The van der Waals surface area contributed by atoms with Crippen LogP contribution >= 0.6 is 0 Å². The standard InChI is InChI=1S/C18H26N2O4/c1-12(9-13-3-8-16-17(10-13)23-11-22-16)20(2)18(21)24-15-6-4-14(19)5-7-15/h3,8,10,12,14-15H,4-7,9,11,19H2,1-2H3. The number of nitrogens with zero attached hydrogens (tertiary/aromatic N) is 1. The van der Waals surface area contributed by atoms with Crippen LogP contribution in [0.25, 0.3) is 0 Å². The Morgan fingerprint density at radius 1 is 1.29 bits per heavy atom. The van der Waals surface area contributed by atoms with Crippen molar-refractivity contribution in [2.45, 2.75) is 57.2 Å². The van der Waals surface area contributed by atoms with Gasteiger partial charge in [0.15, 0.2) is 11.5 Å². The van der Waals surface area contributed by atoms with Crippen molar-refractivity contribution in [1.29, 1.82) is 0 Å². The van der Waals surface area contributed by atoms with Gasteiger partial charge >= 0.3 is 6.09 Å². The number of carbonyl (C=O) groups is 1. The zero-order valence-corrected chi connectivity index (χ0v) is 14.4. The molecule has 1 heterocycles. The van der Waals surface area contributed by atoms with E-state index in [4.69, 9.17) is 19.9 Å². The van der Waals surface area contributed by atoms with Crippen LogP contribution in [0.2, 0.25) is 0 Å². The van der Waals surface area contributed by atoms with E-state index in [1.807, 2.05) is 25.1 Å². The number of ether oxygens (including phenoxy) is 3. The molecule has 1 aromatic rings. The largest absolute Gasteiger partial charge is 0.454 e. The quantitative estimate of drug-likeness (QED) is 0.916. The molecular formula is C18H26N2O4. The molecule has 0 radical (unpaired) electrons. The molecule has 0 aromatic heterocycles. The molecule has 1 aliphatic carbocycles. The summed E-state index contributed by atoms with van der Waals surface area (Å²) in [5.74, 6) is 1.54. The molecule has 24 heavy (non-hydrogen) atoms. The Morgan fingerprint density at radius 2 is 2.00 bits per heavy atom. The van der Waals surface area contributed by atoms with E-state index in [9.17, 15) is 4.79 Å². The minimum absolute atomic E-state index is 0.00232. The van der Waals surface area contributed by atoms with Crippen molar-refractivity contribution >= 4 is 6.09 Å². The Hall–Kier alpha value is -1.95. The van der Waals surface area contributed by atoms with Crippen molar-refractivity contribution in [3.63, 3.8) is 0 Å². The van der Waals surface area contributed by atoms with Gasteiger partial charge in [-0.05, 0) is 56.7 Å². The molecule has 1 fully saturated rings. The van der Waals surface area contributed by atoms with Gasteiger partial charge in [-0.25, -0.2) is 4.79 Å². The van der Waals surface area contributed by atoms with Crippen LogP contribution in [-0.4, -0.2) is 43.0 Å². The Labute approximate surface area is 142 Å². The number of fused-ring (bicyclic) bond motifs is 1. The zero-order chi connectivity index (χ0) is 17.1. The van der Waals surface area contributed by atoms with Crippen LogP contribution in [0.1, 0.15) is 38.2 Å². The Morgan fingerprint density at radius 3 is 2.75 bits per heavy atom. The van der Waals surface area contributed by atoms with Gasteiger partial charge in [-0.3, -0.25) is 0 Å². The third kappa shape index (κ3) is 3.93. The summed E-state index contributed by atoms with van der Waals surface area (Å²) in [6.45, 7) is 2.29. The molecule has 0 bridgehead atoms. The van der Waals surface area contributed by atoms with Crippen LogP contribution in [0.3, 0.4) is 0 Å². The maximum atomic E-state index is 12.3. The first kappa shape index (κ1) is 16.9. The van der Waals surface area contributed by atoms with Crippen LogP contribution in [0.5, 0.6) is 11.5 Å². The van der Waals surface area contributed by atoms with E-state index in [0.717, 1.165) is 49.2 Å². The SMILES string of the molecule is CC(Cc1ccc2c(c1)OCO2)N(C)C(=O)OC1CCC(N)CC1. The van der Waals surface area contributed by atoms with Gasteiger partial charge in [-0.1, -0.05) is 6.07 Å². The summed E-state index contributed by atoms with van der Waals surface area (Å²) in [7, 11) is 1.79. The number of carbonyl (C=O) groups excluding carboxylic acids is 1. The lowest BCUT2D eigenvalue weighted by atomic mass is 9.94. The number of benzene rings is 1. The average Bonchev–Trinajstić information content (AvgIpc) is 3.03. The van der Waals surface area contributed by atoms with Gasteiger partial charge < -0.3 is 24.8 Å². The molecule has 1 saturated carbocycles. The van der Waals surface area contributed by atoms with Gasteiger partial charge in [0.05, 0.1) is 0 Å². The molecule has 2 aliphatic rings. The van der Waals surface area contributed by atoms with Gasteiger partial charge in [-0.15, -0.1) is 0 Å². The highest BCUT2D eigenvalue weighted by atomic mass is 16.7. The normalized spacial score (nSPS) is 23.6. The molecule has 1 amide bonds. The van der Waals surface area contributed by atoms with Crippen LogP contribution in [0.15, 0.2) is 18.2 Å². The average molecular weight is 334 g/mol. The van der Waals surface area contributed by atoms with E-state index in [0.29, 0.717) is 0 Å². The Bertz CT molecular complexity index is 584. The number of rotatable bonds is 4. The van der Waals surface area contributed by atoms with Crippen molar-refractivity contribution in [1.82, 2.24) is 4.90 Å². The van der Waals surface area contributed by atoms with Crippen molar-refractivity contribution < 1.29 is 19.0 Å². The second-order valence-corrected chi connectivity index (χ2v) is 6.77. The van der Waals surface area contributed by atoms with E-state index in [2.05, 4.69) is 0 Å². The lowest BCUT2D eigenvalue weighted by Crippen LogP contribution is -2.40. The minimum atomic E-state index is -0.260. The molecule has 132 valence electrons. The van der Waals surface area contributed by atoms with Crippen LogP contribution < -0.4 is 15.2 Å². The van der Waals surface area contributed by atoms with Gasteiger partial charge in [0.1, 0.15) is 6.10 Å². The number of likely N-dealkylation sites (N-methyl/N-ethyl adjacent to an activating group) is 1. The Balaban J connectivity index is 1.52. The summed E-state index contributed by atoms with van der Waals surface area (Å²) in [4.78, 5) is 14.0. The van der Waals surface area contributed by atoms with Crippen molar-refractivity contribution in [2.24, 2.45) is 5.73 Å². The van der Waals surface area contributed by atoms with E-state index in [1.165, 1.54) is 0 Å². The summed E-state index contributed by atoms with van der Waals surface area (Å²) in [6, 6.07) is 6.17. The topological polar surface area (TPSA) is 74.0 Å². The third-order valence-corrected chi connectivity index (χ3v) is 4.90. The number of amides is 1. The van der Waals surface area contributed by atoms with Gasteiger partial charge in [0.2, 0.25) is 6.79 Å². The van der Waals surface area contributed by atoms with E-state index >= 15 is 0 Å². The summed E-state index contributed by atoms with van der Waals surface area (Å²) in [5, 5.41) is 0. The van der Waals surface area contributed by atoms with Crippen LogP contribution in [0.4, 0.5) is 4.79 Å². The van der Waals surface area contributed by atoms with E-state index in [1.54, 1.807) is 11.9 Å². The first-order chi connectivity index (χ1) is 11.5. The zero-order valence-electron chi connectivity index (χ0n) is 14.4. The van der Waals surface area contributed by atoms with Crippen LogP contribution in [0, 0.1) is 0 Å². The fourth-order valence-corrected chi connectivity index (χ4v) is 3.16. The second kappa shape index (κ2) is 7.30. The summed E-state index contributed by atoms with van der Waals surface area (Å²) >= 11 is 0. The molecule has 1 atom stereocenters. The minimum Gasteiger partial charge on any atom is -0.454 e. The predicted molar refractivity (Wildman–Crippen MR) is 90.2 cm³/mol. The molecule has 3 rings (SSSR count). The second-order valence-electron chi connectivity index (χ2n) is 6.77. The molecular weight excluding hydrogens is 308 g/mol. The molecule has 0 saturated heterocycles. The first-order valence-corrected chi connectivity index (χ1v) is 8.60. The summed E-state index contributed by atoms with van der Waals surface area (Å²) < 4.78 is 16.3. The molecule has 1 aliphatic heterocycles. The fraction of sp³-hybridized carbons (Fsp3) is 0.611. The maximum absolute atomic E-state index is 12.3. The smallest absolute Gasteiger partial charge is 0.410 e. The molecule has 6 heteroatoms. The number of hydrogen-bond acceptors (Lipinski definition) is 5. The monoisotopic (exact) mass is 334 g/mol. The number of nitrogens with two attached hydrogens (primary N) is 1. The van der Waals surface area contributed by atoms with Crippen molar-refractivity contribution in [3.8, 4) is 11.5 Å². The van der Waals surface area contributed by atoms with Crippen LogP contribution in [-0.2, 0) is 11.2 Å². The molecule has 0 spiro atoms. The highest BCUT2D eigenvalue weighted by molar-refractivity contribution is 5.68. The van der Waals surface area contributed by atoms with E-state index < -0.39 is 0 Å². The maximum Gasteiger partial charge on any atom is 0.410 e. The van der Waals surface area contributed by atoms with Crippen molar-refractivity contribution in [2.75, 3.05) is 13.8 Å². The van der Waals surface area contributed by atoms with Gasteiger partial charge in [-0.2, -0.15) is 0 Å². The number of hydrogen-bond donors (Lipinski definition) is 1. The molecule has 2 N–H and O–H groups in total. The first-order valence-electron chi connectivity index (χ1n) is 8.60. The van der Waals surface area contributed by atoms with Gasteiger partial charge in [0.25, 0.3) is 0 Å².